The first-order valence-corrected chi connectivity index (χ1v) is 7.45. The van der Waals surface area contributed by atoms with E-state index in [2.05, 4.69) is 9.72 Å². The molecule has 3 rings (SSSR count). The van der Waals surface area contributed by atoms with Crippen LogP contribution in [0.15, 0.2) is 51.3 Å². The van der Waals surface area contributed by atoms with Gasteiger partial charge in [0.15, 0.2) is 5.69 Å². The van der Waals surface area contributed by atoms with Crippen LogP contribution in [0.4, 0.5) is 0 Å². The molecule has 2 aromatic heterocycles. The predicted octanol–water partition coefficient (Wildman–Crippen LogP) is 3.39. The van der Waals surface area contributed by atoms with Crippen LogP contribution >= 0.6 is 0 Å². The Hall–Kier alpha value is -3.35. The topological polar surface area (TPSA) is 91.8 Å². The molecule has 0 saturated heterocycles. The summed E-state index contributed by atoms with van der Waals surface area (Å²) in [6, 6.07) is 12.2. The van der Waals surface area contributed by atoms with Crippen LogP contribution in [0.25, 0.3) is 11.5 Å². The van der Waals surface area contributed by atoms with Crippen LogP contribution in [0.3, 0.4) is 0 Å². The Kier molecular flexibility index (Phi) is 4.65. The molecule has 25 heavy (non-hydrogen) atoms. The van der Waals surface area contributed by atoms with Crippen molar-refractivity contribution in [2.24, 2.45) is 0 Å². The first-order valence-electron chi connectivity index (χ1n) is 7.45. The van der Waals surface area contributed by atoms with Crippen molar-refractivity contribution in [1.29, 1.82) is 0 Å². The number of aryl methyl sites for hydroxylation is 1. The fourth-order valence-corrected chi connectivity index (χ4v) is 2.16. The molecule has 1 aromatic carbocycles. The summed E-state index contributed by atoms with van der Waals surface area (Å²) in [4.78, 5) is 27.7. The van der Waals surface area contributed by atoms with Gasteiger partial charge in [-0.15, -0.1) is 0 Å². The van der Waals surface area contributed by atoms with E-state index in [1.54, 1.807) is 6.92 Å². The highest BCUT2D eigenvalue weighted by Crippen LogP contribution is 2.22. The maximum Gasteiger partial charge on any atom is 0.373 e. The van der Waals surface area contributed by atoms with Gasteiger partial charge in [-0.3, -0.25) is 0 Å². The molecule has 0 amide bonds. The van der Waals surface area contributed by atoms with Crippen LogP contribution in [0, 0.1) is 6.92 Å². The van der Waals surface area contributed by atoms with Gasteiger partial charge in [-0.1, -0.05) is 18.2 Å². The Morgan fingerprint density at radius 2 is 1.80 bits per heavy atom. The molecule has 0 spiro atoms. The molecule has 0 aliphatic carbocycles. The van der Waals surface area contributed by atoms with Gasteiger partial charge in [-0.2, -0.15) is 0 Å². The van der Waals surface area contributed by atoms with E-state index >= 15 is 0 Å². The molecular weight excluding hydrogens is 326 g/mol. The Balaban J connectivity index is 1.68. The third kappa shape index (κ3) is 3.60. The molecule has 128 valence electrons. The number of esters is 2. The van der Waals surface area contributed by atoms with E-state index < -0.39 is 11.9 Å². The maximum absolute atomic E-state index is 12.2. The molecule has 0 unspecified atom stereocenters. The fourth-order valence-electron chi connectivity index (χ4n) is 2.16. The maximum atomic E-state index is 12.2. The number of benzene rings is 1. The number of methoxy groups -OCH3 is 1. The van der Waals surface area contributed by atoms with Crippen molar-refractivity contribution in [2.75, 3.05) is 7.11 Å². The van der Waals surface area contributed by atoms with E-state index in [1.807, 2.05) is 30.3 Å². The molecule has 7 nitrogen and oxygen atoms in total. The largest absolute Gasteiger partial charge is 0.463 e. The molecule has 2 heterocycles. The van der Waals surface area contributed by atoms with Crippen molar-refractivity contribution in [1.82, 2.24) is 4.98 Å². The van der Waals surface area contributed by atoms with Crippen molar-refractivity contribution in [3.63, 3.8) is 0 Å². The second-order valence-electron chi connectivity index (χ2n) is 5.12. The van der Waals surface area contributed by atoms with Gasteiger partial charge in [0, 0.05) is 5.56 Å². The molecule has 7 heteroatoms. The first-order chi connectivity index (χ1) is 12.1. The lowest BCUT2D eigenvalue weighted by molar-refractivity contribution is 0.0430. The normalized spacial score (nSPS) is 10.5. The number of carbonyl (C=O) groups excluding carboxylic acids is 2. The van der Waals surface area contributed by atoms with Gasteiger partial charge in [-0.25, -0.2) is 14.6 Å². The SMILES string of the molecule is COC(=O)c1ccc(COC(=O)c2nc(-c3ccccc3)oc2C)o1. The average Bonchev–Trinajstić information content (AvgIpc) is 3.26. The van der Waals surface area contributed by atoms with E-state index in [4.69, 9.17) is 13.6 Å². The molecule has 0 aliphatic rings. The minimum Gasteiger partial charge on any atom is -0.463 e. The third-order valence-corrected chi connectivity index (χ3v) is 3.40. The van der Waals surface area contributed by atoms with E-state index in [9.17, 15) is 9.59 Å². The Morgan fingerprint density at radius 1 is 1.04 bits per heavy atom. The molecule has 0 bridgehead atoms. The number of aromatic nitrogens is 1. The summed E-state index contributed by atoms with van der Waals surface area (Å²) in [5, 5.41) is 0. The van der Waals surface area contributed by atoms with Crippen LogP contribution in [0.5, 0.6) is 0 Å². The Morgan fingerprint density at radius 3 is 2.52 bits per heavy atom. The zero-order valence-corrected chi connectivity index (χ0v) is 13.6. The van der Waals surface area contributed by atoms with Crippen molar-refractivity contribution in [2.45, 2.75) is 13.5 Å². The van der Waals surface area contributed by atoms with Gasteiger partial charge < -0.3 is 18.3 Å². The van der Waals surface area contributed by atoms with E-state index in [0.29, 0.717) is 17.4 Å². The van der Waals surface area contributed by atoms with Crippen molar-refractivity contribution >= 4 is 11.9 Å². The molecular formula is C18H15NO6. The van der Waals surface area contributed by atoms with Gasteiger partial charge in [0.1, 0.15) is 18.1 Å². The molecule has 0 radical (unpaired) electrons. The lowest BCUT2D eigenvalue weighted by atomic mass is 10.2. The fraction of sp³-hybridized carbons (Fsp3) is 0.167. The number of nitrogens with zero attached hydrogens (tertiary/aromatic N) is 1. The lowest BCUT2D eigenvalue weighted by Gasteiger charge is -2.00. The molecule has 0 aliphatic heterocycles. The molecule has 0 fully saturated rings. The number of rotatable bonds is 5. The lowest BCUT2D eigenvalue weighted by Crippen LogP contribution is -2.07. The number of hydrogen-bond donors (Lipinski definition) is 0. The van der Waals surface area contributed by atoms with E-state index in [1.165, 1.54) is 19.2 Å². The summed E-state index contributed by atoms with van der Waals surface area (Å²) in [6.07, 6.45) is 0. The smallest absolute Gasteiger partial charge is 0.373 e. The van der Waals surface area contributed by atoms with Crippen LogP contribution < -0.4 is 0 Å². The van der Waals surface area contributed by atoms with Crippen molar-refractivity contribution < 1.29 is 27.9 Å². The van der Waals surface area contributed by atoms with Gasteiger partial charge >= 0.3 is 11.9 Å². The van der Waals surface area contributed by atoms with E-state index in [0.717, 1.165) is 5.56 Å². The summed E-state index contributed by atoms with van der Waals surface area (Å²) in [5.74, 6) is -0.179. The summed E-state index contributed by atoms with van der Waals surface area (Å²) in [5.41, 5.74) is 0.858. The van der Waals surface area contributed by atoms with Crippen LogP contribution in [0.2, 0.25) is 0 Å². The number of ether oxygens (including phenoxy) is 2. The zero-order valence-electron chi connectivity index (χ0n) is 13.6. The van der Waals surface area contributed by atoms with Crippen LogP contribution in [-0.4, -0.2) is 24.0 Å². The average molecular weight is 341 g/mol. The second kappa shape index (κ2) is 7.04. The number of furan rings is 1. The van der Waals surface area contributed by atoms with E-state index in [-0.39, 0.29) is 18.1 Å². The first kappa shape index (κ1) is 16.5. The summed E-state index contributed by atoms with van der Waals surface area (Å²) >= 11 is 0. The highest BCUT2D eigenvalue weighted by molar-refractivity contribution is 5.89. The quantitative estimate of drug-likeness (QED) is 0.657. The van der Waals surface area contributed by atoms with Gasteiger partial charge in [0.25, 0.3) is 0 Å². The van der Waals surface area contributed by atoms with Gasteiger partial charge in [-0.05, 0) is 31.2 Å². The molecule has 0 saturated carbocycles. The number of carbonyl (C=O) groups is 2. The molecule has 0 N–H and O–H groups in total. The second-order valence-corrected chi connectivity index (χ2v) is 5.12. The third-order valence-electron chi connectivity index (χ3n) is 3.40. The highest BCUT2D eigenvalue weighted by atomic mass is 16.6. The summed E-state index contributed by atoms with van der Waals surface area (Å²) in [7, 11) is 1.25. The minimum atomic E-state index is -0.639. The molecule has 0 atom stereocenters. The van der Waals surface area contributed by atoms with Crippen molar-refractivity contribution in [3.8, 4) is 11.5 Å². The van der Waals surface area contributed by atoms with Gasteiger partial charge in [0.2, 0.25) is 11.7 Å². The van der Waals surface area contributed by atoms with Crippen molar-refractivity contribution in [3.05, 3.63) is 65.4 Å². The highest BCUT2D eigenvalue weighted by Gasteiger charge is 2.20. The monoisotopic (exact) mass is 341 g/mol. The van der Waals surface area contributed by atoms with Crippen LogP contribution in [-0.2, 0) is 16.1 Å². The Labute approximate surface area is 143 Å². The number of oxazole rings is 1. The van der Waals surface area contributed by atoms with Gasteiger partial charge in [0.05, 0.1) is 7.11 Å². The Bertz CT molecular complexity index is 893. The van der Waals surface area contributed by atoms with Crippen LogP contribution in [0.1, 0.15) is 32.6 Å². The minimum absolute atomic E-state index is 0.0394. The number of hydrogen-bond acceptors (Lipinski definition) is 7. The molecule has 3 aromatic rings. The standard InChI is InChI=1S/C18H15NO6/c1-11-15(19-16(24-11)12-6-4-3-5-7-12)18(21)23-10-13-8-9-14(25-13)17(20)22-2/h3-9H,10H2,1-2H3. The summed E-state index contributed by atoms with van der Waals surface area (Å²) in [6.45, 7) is 1.50. The zero-order chi connectivity index (χ0) is 17.8. The predicted molar refractivity (Wildman–Crippen MR) is 85.8 cm³/mol. The summed E-state index contributed by atoms with van der Waals surface area (Å²) < 4.78 is 20.5.